The van der Waals surface area contributed by atoms with Crippen molar-refractivity contribution < 1.29 is 19.2 Å². The molecule has 27 heavy (non-hydrogen) atoms. The molecule has 1 aromatic heterocycles. The quantitative estimate of drug-likeness (QED) is 0.207. The number of amides is 2. The smallest absolute Gasteiger partial charge is 0.367 e. The van der Waals surface area contributed by atoms with E-state index in [-0.39, 0.29) is 28.7 Å². The molecule has 1 heterocycles. The number of carbonyl (C=O) groups excluding carboxylic acids is 3. The van der Waals surface area contributed by atoms with Crippen LogP contribution in [0.4, 0.5) is 0 Å². The van der Waals surface area contributed by atoms with Gasteiger partial charge in [-0.3, -0.25) is 14.6 Å². The third kappa shape index (κ3) is 7.65. The van der Waals surface area contributed by atoms with Crippen LogP contribution in [0.3, 0.4) is 0 Å². The standard InChI is InChI=1S/C16H19ClN6O4/c1-3-5-13(21-23(10-24)9-14(25)20-4-2)15(18)22-27-16(26)11-6-12(17)8-19-7-11/h3,5-8,10H,4,9H2,1-2H3,(H2,18,22)(H,20,25)/b5-3-,21-13+. The summed E-state index contributed by atoms with van der Waals surface area (Å²) < 4.78 is 0. The molecule has 11 heteroatoms. The number of amidine groups is 1. The molecule has 2 amide bonds. The lowest BCUT2D eigenvalue weighted by Gasteiger charge is -2.12. The molecule has 0 aromatic carbocycles. The Hall–Kier alpha value is -3.27. The molecule has 0 aliphatic heterocycles. The van der Waals surface area contributed by atoms with Gasteiger partial charge in [0.1, 0.15) is 12.3 Å². The first-order valence-corrected chi connectivity index (χ1v) is 8.14. The molecule has 0 aliphatic rings. The minimum absolute atomic E-state index is 0.0194. The monoisotopic (exact) mass is 394 g/mol. The SMILES string of the molecule is C/C=C\C(=N/N(C=O)CC(=O)NCC)C(N)=NOC(=O)c1cncc(Cl)c1. The minimum atomic E-state index is -0.831. The van der Waals surface area contributed by atoms with Crippen LogP contribution in [0.2, 0.25) is 5.02 Å². The number of aromatic nitrogens is 1. The van der Waals surface area contributed by atoms with Crippen LogP contribution < -0.4 is 11.1 Å². The zero-order chi connectivity index (χ0) is 20.2. The second kappa shape index (κ2) is 11.4. The number of nitrogens with one attached hydrogen (secondary N) is 1. The molecule has 10 nitrogen and oxygen atoms in total. The van der Waals surface area contributed by atoms with Gasteiger partial charge in [-0.25, -0.2) is 9.80 Å². The van der Waals surface area contributed by atoms with Gasteiger partial charge in [-0.05, 0) is 26.0 Å². The summed E-state index contributed by atoms with van der Waals surface area (Å²) in [6.07, 6.45) is 5.98. The Morgan fingerprint density at radius 1 is 1.44 bits per heavy atom. The number of rotatable bonds is 9. The Morgan fingerprint density at radius 2 is 2.19 bits per heavy atom. The molecule has 0 saturated carbocycles. The number of oxime groups is 1. The van der Waals surface area contributed by atoms with E-state index >= 15 is 0 Å². The van der Waals surface area contributed by atoms with E-state index in [4.69, 9.17) is 22.2 Å². The number of pyridine rings is 1. The zero-order valence-corrected chi connectivity index (χ0v) is 15.5. The molecule has 0 aliphatic carbocycles. The van der Waals surface area contributed by atoms with Crippen LogP contribution in [0.5, 0.6) is 0 Å². The summed E-state index contributed by atoms with van der Waals surface area (Å²) in [5.74, 6) is -1.51. The van der Waals surface area contributed by atoms with Crippen molar-refractivity contribution in [3.63, 3.8) is 0 Å². The first-order valence-electron chi connectivity index (χ1n) is 7.76. The van der Waals surface area contributed by atoms with Gasteiger partial charge in [0.05, 0.1) is 10.6 Å². The van der Waals surface area contributed by atoms with Gasteiger partial charge in [-0.2, -0.15) is 5.10 Å². The van der Waals surface area contributed by atoms with Crippen molar-refractivity contribution in [3.8, 4) is 0 Å². The van der Waals surface area contributed by atoms with E-state index < -0.39 is 11.9 Å². The highest BCUT2D eigenvalue weighted by Gasteiger charge is 2.12. The van der Waals surface area contributed by atoms with E-state index in [2.05, 4.69) is 20.6 Å². The van der Waals surface area contributed by atoms with Gasteiger partial charge >= 0.3 is 5.97 Å². The van der Waals surface area contributed by atoms with Crippen LogP contribution in [0.1, 0.15) is 24.2 Å². The van der Waals surface area contributed by atoms with E-state index in [1.165, 1.54) is 24.5 Å². The van der Waals surface area contributed by atoms with E-state index in [1.54, 1.807) is 19.9 Å². The average molecular weight is 395 g/mol. The molecular formula is C16H19ClN6O4. The number of nitrogens with zero attached hydrogens (tertiary/aromatic N) is 4. The van der Waals surface area contributed by atoms with Gasteiger partial charge in [0.2, 0.25) is 12.3 Å². The number of hydrogen-bond acceptors (Lipinski definition) is 7. The summed E-state index contributed by atoms with van der Waals surface area (Å²) in [6, 6.07) is 1.35. The van der Waals surface area contributed by atoms with Crippen molar-refractivity contribution in [2.24, 2.45) is 16.0 Å². The predicted octanol–water partition coefficient (Wildman–Crippen LogP) is 0.691. The van der Waals surface area contributed by atoms with Crippen molar-refractivity contribution in [3.05, 3.63) is 41.2 Å². The fraction of sp³-hybridized carbons (Fsp3) is 0.250. The summed E-state index contributed by atoms with van der Waals surface area (Å²) in [4.78, 5) is 43.1. The van der Waals surface area contributed by atoms with Crippen molar-refractivity contribution in [1.82, 2.24) is 15.3 Å². The lowest BCUT2D eigenvalue weighted by atomic mass is 10.3. The normalized spacial score (nSPS) is 12.0. The average Bonchev–Trinajstić information content (AvgIpc) is 2.64. The molecule has 0 fully saturated rings. The summed E-state index contributed by atoms with van der Waals surface area (Å²) in [7, 11) is 0. The van der Waals surface area contributed by atoms with Gasteiger partial charge in [0.15, 0.2) is 5.84 Å². The zero-order valence-electron chi connectivity index (χ0n) is 14.8. The molecular weight excluding hydrogens is 376 g/mol. The van der Waals surface area contributed by atoms with Crippen LogP contribution in [0.25, 0.3) is 0 Å². The van der Waals surface area contributed by atoms with E-state index in [9.17, 15) is 14.4 Å². The summed E-state index contributed by atoms with van der Waals surface area (Å²) in [6.45, 7) is 3.53. The number of halogens is 1. The molecule has 1 rings (SSSR count). The predicted molar refractivity (Wildman–Crippen MR) is 100.0 cm³/mol. The van der Waals surface area contributed by atoms with E-state index in [1.807, 2.05) is 0 Å². The minimum Gasteiger partial charge on any atom is -0.379 e. The summed E-state index contributed by atoms with van der Waals surface area (Å²) in [5.41, 5.74) is 5.86. The van der Waals surface area contributed by atoms with E-state index in [0.717, 1.165) is 5.01 Å². The van der Waals surface area contributed by atoms with Crippen molar-refractivity contribution in [2.75, 3.05) is 13.1 Å². The van der Waals surface area contributed by atoms with Gasteiger partial charge < -0.3 is 15.9 Å². The summed E-state index contributed by atoms with van der Waals surface area (Å²) in [5, 5.41) is 11.1. The molecule has 0 bridgehead atoms. The maximum atomic E-state index is 11.9. The number of hydrogen-bond donors (Lipinski definition) is 2. The maximum Gasteiger partial charge on any atom is 0.367 e. The number of hydrazone groups is 1. The van der Waals surface area contributed by atoms with Crippen LogP contribution in [0.15, 0.2) is 40.9 Å². The largest absolute Gasteiger partial charge is 0.379 e. The molecule has 3 N–H and O–H groups in total. The van der Waals surface area contributed by atoms with Crippen molar-refractivity contribution in [1.29, 1.82) is 0 Å². The number of likely N-dealkylation sites (N-methyl/N-ethyl adjacent to an activating group) is 1. The highest BCUT2D eigenvalue weighted by molar-refractivity contribution is 6.45. The van der Waals surface area contributed by atoms with Gasteiger partial charge in [-0.1, -0.05) is 22.8 Å². The fourth-order valence-corrected chi connectivity index (χ4v) is 1.85. The fourth-order valence-electron chi connectivity index (χ4n) is 1.68. The van der Waals surface area contributed by atoms with Crippen molar-refractivity contribution >= 4 is 41.4 Å². The molecule has 0 atom stereocenters. The highest BCUT2D eigenvalue weighted by Crippen LogP contribution is 2.09. The molecule has 0 saturated heterocycles. The molecule has 0 spiro atoms. The van der Waals surface area contributed by atoms with Crippen LogP contribution >= 0.6 is 11.6 Å². The first-order chi connectivity index (χ1) is 12.9. The van der Waals surface area contributed by atoms with Gasteiger partial charge in [0.25, 0.3) is 0 Å². The Bertz CT molecular complexity index is 778. The first kappa shape index (κ1) is 21.8. The topological polar surface area (TPSA) is 139 Å². The second-order valence-corrected chi connectivity index (χ2v) is 5.33. The lowest BCUT2D eigenvalue weighted by Crippen LogP contribution is -2.35. The Kier molecular flexibility index (Phi) is 9.16. The Balaban J connectivity index is 2.93. The maximum absolute atomic E-state index is 11.9. The number of carbonyl (C=O) groups is 3. The van der Waals surface area contributed by atoms with Crippen LogP contribution in [0, 0.1) is 0 Å². The Morgan fingerprint density at radius 3 is 2.78 bits per heavy atom. The second-order valence-electron chi connectivity index (χ2n) is 4.89. The van der Waals surface area contributed by atoms with Gasteiger partial charge in [-0.15, -0.1) is 0 Å². The highest BCUT2D eigenvalue weighted by atomic mass is 35.5. The third-order valence-electron chi connectivity index (χ3n) is 2.79. The van der Waals surface area contributed by atoms with Crippen LogP contribution in [-0.4, -0.2) is 52.9 Å². The Labute approximate surface area is 160 Å². The van der Waals surface area contributed by atoms with Crippen LogP contribution in [-0.2, 0) is 14.4 Å². The van der Waals surface area contributed by atoms with E-state index in [0.29, 0.717) is 13.0 Å². The van der Waals surface area contributed by atoms with Crippen molar-refractivity contribution in [2.45, 2.75) is 13.8 Å². The summed E-state index contributed by atoms with van der Waals surface area (Å²) >= 11 is 5.75. The third-order valence-corrected chi connectivity index (χ3v) is 3.00. The molecule has 0 radical (unpaired) electrons. The molecule has 0 unspecified atom stereocenters. The molecule has 144 valence electrons. The number of allylic oxidation sites excluding steroid dienone is 1. The van der Waals surface area contributed by atoms with Gasteiger partial charge in [0, 0.05) is 18.9 Å². The lowest BCUT2D eigenvalue weighted by molar-refractivity contribution is -0.127. The molecule has 1 aromatic rings. The number of nitrogens with two attached hydrogens (primary N) is 1.